The van der Waals surface area contributed by atoms with E-state index < -0.39 is 11.5 Å². The SMILES string of the molecule is CC(C)(C)NCC(O)COc1ccc(C(=O)C(C)(C)C)c(N)c1C#N.Cl. The Morgan fingerprint density at radius 3 is 2.35 bits per heavy atom. The zero-order chi connectivity index (χ0) is 19.4. The van der Waals surface area contributed by atoms with Gasteiger partial charge in [-0.05, 0) is 32.9 Å². The minimum atomic E-state index is -0.733. The Labute approximate surface area is 162 Å². The zero-order valence-corrected chi connectivity index (χ0v) is 17.2. The van der Waals surface area contributed by atoms with Gasteiger partial charge >= 0.3 is 0 Å². The van der Waals surface area contributed by atoms with Gasteiger partial charge in [-0.15, -0.1) is 12.4 Å². The van der Waals surface area contributed by atoms with Gasteiger partial charge in [0, 0.05) is 23.1 Å². The number of ketones is 1. The van der Waals surface area contributed by atoms with Crippen LogP contribution in [0.5, 0.6) is 5.75 Å². The highest BCUT2D eigenvalue weighted by atomic mass is 35.5. The molecular weight excluding hydrogens is 354 g/mol. The quantitative estimate of drug-likeness (QED) is 0.514. The van der Waals surface area contributed by atoms with E-state index in [1.807, 2.05) is 26.8 Å². The number of nitrogens with one attached hydrogen (secondary N) is 1. The summed E-state index contributed by atoms with van der Waals surface area (Å²) in [6.45, 7) is 11.8. The smallest absolute Gasteiger partial charge is 0.170 e. The van der Waals surface area contributed by atoms with Gasteiger partial charge in [0.1, 0.15) is 30.1 Å². The molecule has 146 valence electrons. The summed E-state index contributed by atoms with van der Waals surface area (Å²) >= 11 is 0. The summed E-state index contributed by atoms with van der Waals surface area (Å²) in [5, 5.41) is 22.6. The fourth-order valence-corrected chi connectivity index (χ4v) is 2.11. The minimum absolute atomic E-state index is 0. The molecule has 1 aromatic carbocycles. The van der Waals surface area contributed by atoms with E-state index in [2.05, 4.69) is 5.32 Å². The molecule has 0 saturated heterocycles. The molecule has 1 atom stereocenters. The maximum atomic E-state index is 12.4. The number of nitrogens with zero attached hydrogens (tertiary/aromatic N) is 1. The van der Waals surface area contributed by atoms with Crippen molar-refractivity contribution in [1.29, 1.82) is 5.26 Å². The summed E-state index contributed by atoms with van der Waals surface area (Å²) in [5.41, 5.74) is 5.85. The maximum Gasteiger partial charge on any atom is 0.170 e. The predicted octanol–water partition coefficient (Wildman–Crippen LogP) is 2.92. The van der Waals surface area contributed by atoms with Crippen molar-refractivity contribution in [3.63, 3.8) is 0 Å². The van der Waals surface area contributed by atoms with Crippen LogP contribution in [0.25, 0.3) is 0 Å². The van der Waals surface area contributed by atoms with Crippen LogP contribution in [-0.4, -0.2) is 35.7 Å². The van der Waals surface area contributed by atoms with Crippen LogP contribution < -0.4 is 15.8 Å². The van der Waals surface area contributed by atoms with Crippen molar-refractivity contribution in [3.05, 3.63) is 23.3 Å². The lowest BCUT2D eigenvalue weighted by Gasteiger charge is -2.23. The van der Waals surface area contributed by atoms with Gasteiger partial charge in [0.25, 0.3) is 0 Å². The third-order valence-electron chi connectivity index (χ3n) is 3.54. The summed E-state index contributed by atoms with van der Waals surface area (Å²) in [6.07, 6.45) is -0.733. The van der Waals surface area contributed by atoms with E-state index >= 15 is 0 Å². The largest absolute Gasteiger partial charge is 0.489 e. The summed E-state index contributed by atoms with van der Waals surface area (Å²) in [5.74, 6) is 0.128. The van der Waals surface area contributed by atoms with Crippen LogP contribution in [0.1, 0.15) is 57.5 Å². The molecule has 1 unspecified atom stereocenters. The van der Waals surface area contributed by atoms with Crippen LogP contribution >= 0.6 is 12.4 Å². The fourth-order valence-electron chi connectivity index (χ4n) is 2.11. The number of hydrogen-bond acceptors (Lipinski definition) is 6. The summed E-state index contributed by atoms with van der Waals surface area (Å²) < 4.78 is 5.55. The van der Waals surface area contributed by atoms with Gasteiger partial charge in [-0.2, -0.15) is 5.26 Å². The van der Waals surface area contributed by atoms with Gasteiger partial charge in [-0.3, -0.25) is 4.79 Å². The van der Waals surface area contributed by atoms with Gasteiger partial charge < -0.3 is 20.9 Å². The number of halogens is 1. The van der Waals surface area contributed by atoms with Gasteiger partial charge in [0.15, 0.2) is 5.78 Å². The van der Waals surface area contributed by atoms with Crippen molar-refractivity contribution in [1.82, 2.24) is 5.32 Å². The van der Waals surface area contributed by atoms with Crippen molar-refractivity contribution < 1.29 is 14.6 Å². The van der Waals surface area contributed by atoms with E-state index in [4.69, 9.17) is 10.5 Å². The Balaban J connectivity index is 0.00000625. The van der Waals surface area contributed by atoms with Crippen molar-refractivity contribution >= 4 is 23.9 Å². The monoisotopic (exact) mass is 383 g/mol. The number of carbonyl (C=O) groups is 1. The highest BCUT2D eigenvalue weighted by Crippen LogP contribution is 2.31. The molecule has 7 heteroatoms. The number of benzene rings is 1. The first-order chi connectivity index (χ1) is 11.4. The van der Waals surface area contributed by atoms with E-state index in [0.717, 1.165) is 0 Å². The Kier molecular flexibility index (Phi) is 8.58. The van der Waals surface area contributed by atoms with Gasteiger partial charge in [-0.1, -0.05) is 20.8 Å². The maximum absolute atomic E-state index is 12.4. The molecule has 0 aliphatic rings. The molecule has 4 N–H and O–H groups in total. The number of aliphatic hydroxyl groups excluding tert-OH is 1. The van der Waals surface area contributed by atoms with Crippen LogP contribution in [0, 0.1) is 16.7 Å². The summed E-state index contributed by atoms with van der Waals surface area (Å²) in [7, 11) is 0. The van der Waals surface area contributed by atoms with Crippen LogP contribution in [0.2, 0.25) is 0 Å². The topological polar surface area (TPSA) is 108 Å². The predicted molar refractivity (Wildman–Crippen MR) is 106 cm³/mol. The molecule has 0 fully saturated rings. The van der Waals surface area contributed by atoms with Crippen LogP contribution in [0.4, 0.5) is 5.69 Å². The molecule has 6 nitrogen and oxygen atoms in total. The van der Waals surface area contributed by atoms with Crippen molar-refractivity contribution in [3.8, 4) is 11.8 Å². The summed E-state index contributed by atoms with van der Waals surface area (Å²) in [6, 6.07) is 5.11. The number of ether oxygens (including phenoxy) is 1. The number of rotatable bonds is 6. The van der Waals surface area contributed by atoms with E-state index in [-0.39, 0.29) is 47.3 Å². The summed E-state index contributed by atoms with van der Waals surface area (Å²) in [4.78, 5) is 12.4. The molecule has 0 aliphatic heterocycles. The second kappa shape index (κ2) is 9.22. The number of nitriles is 1. The van der Waals surface area contributed by atoms with Gasteiger partial charge in [0.05, 0.1) is 5.69 Å². The minimum Gasteiger partial charge on any atom is -0.489 e. The highest BCUT2D eigenvalue weighted by Gasteiger charge is 2.27. The number of aliphatic hydroxyl groups is 1. The first kappa shape index (κ1) is 24.2. The Hall–Kier alpha value is -1.81. The molecule has 0 saturated carbocycles. The van der Waals surface area contributed by atoms with Crippen LogP contribution in [0.3, 0.4) is 0 Å². The lowest BCUT2D eigenvalue weighted by atomic mass is 9.85. The first-order valence-corrected chi connectivity index (χ1v) is 8.30. The molecule has 0 aromatic heterocycles. The molecular formula is C19H30ClN3O3. The molecule has 0 spiro atoms. The first-order valence-electron chi connectivity index (χ1n) is 8.30. The number of nitrogen functional groups attached to an aromatic ring is 1. The normalized spacial score (nSPS) is 12.7. The number of anilines is 1. The number of carbonyl (C=O) groups excluding carboxylic acids is 1. The van der Waals surface area contributed by atoms with E-state index in [1.54, 1.807) is 32.9 Å². The number of Topliss-reactive ketones (excluding diaryl/α,β-unsaturated/α-hetero) is 1. The van der Waals surface area contributed by atoms with Gasteiger partial charge in [0.2, 0.25) is 0 Å². The molecule has 0 amide bonds. The molecule has 26 heavy (non-hydrogen) atoms. The molecule has 0 radical (unpaired) electrons. The standard InChI is InChI=1S/C19H29N3O3.ClH/c1-18(2,3)17(24)13-7-8-15(14(9-20)16(13)21)25-11-12(23)10-22-19(4,5)6;/h7-8,12,22-23H,10-11,21H2,1-6H3;1H. The molecule has 1 rings (SSSR count). The number of β-amino-alcohol motifs (C(OH)–C–C–N with tert-alkyl or cyclic N) is 1. The third kappa shape index (κ3) is 6.83. The zero-order valence-electron chi connectivity index (χ0n) is 16.3. The van der Waals surface area contributed by atoms with E-state index in [9.17, 15) is 15.2 Å². The second-order valence-corrected chi connectivity index (χ2v) is 8.19. The third-order valence-corrected chi connectivity index (χ3v) is 3.54. The van der Waals surface area contributed by atoms with E-state index in [0.29, 0.717) is 12.1 Å². The fraction of sp³-hybridized carbons (Fsp3) is 0.579. The number of hydrogen-bond donors (Lipinski definition) is 3. The molecule has 0 aliphatic carbocycles. The van der Waals surface area contributed by atoms with Crippen molar-refractivity contribution in [2.45, 2.75) is 53.2 Å². The molecule has 1 aromatic rings. The lowest BCUT2D eigenvalue weighted by Crippen LogP contribution is -2.42. The second-order valence-electron chi connectivity index (χ2n) is 8.19. The number of nitrogens with two attached hydrogens (primary N) is 1. The van der Waals surface area contributed by atoms with Crippen molar-refractivity contribution in [2.75, 3.05) is 18.9 Å². The van der Waals surface area contributed by atoms with Crippen LogP contribution in [-0.2, 0) is 0 Å². The average molecular weight is 384 g/mol. The average Bonchev–Trinajstić information content (AvgIpc) is 2.48. The van der Waals surface area contributed by atoms with Crippen molar-refractivity contribution in [2.24, 2.45) is 5.41 Å². The molecule has 0 bridgehead atoms. The highest BCUT2D eigenvalue weighted by molar-refractivity contribution is 6.05. The Morgan fingerprint density at radius 2 is 1.88 bits per heavy atom. The molecule has 0 heterocycles. The van der Waals surface area contributed by atoms with Crippen LogP contribution in [0.15, 0.2) is 12.1 Å². The Morgan fingerprint density at radius 1 is 1.31 bits per heavy atom. The lowest BCUT2D eigenvalue weighted by molar-refractivity contribution is 0.0858. The Bertz CT molecular complexity index is 670. The van der Waals surface area contributed by atoms with Gasteiger partial charge in [-0.25, -0.2) is 0 Å². The van der Waals surface area contributed by atoms with E-state index in [1.165, 1.54) is 0 Å².